The number of piperidine rings is 1. The van der Waals surface area contributed by atoms with E-state index in [0.29, 0.717) is 26.2 Å². The molecule has 0 aliphatic carbocycles. The Morgan fingerprint density at radius 3 is 2.64 bits per heavy atom. The highest BCUT2D eigenvalue weighted by atomic mass is 32.2. The topological polar surface area (TPSA) is 87.7 Å². The lowest BCUT2D eigenvalue weighted by molar-refractivity contribution is 0.0188. The molecule has 1 saturated heterocycles. The van der Waals surface area contributed by atoms with Crippen LogP contribution in [0.3, 0.4) is 0 Å². The molecule has 1 heterocycles. The van der Waals surface area contributed by atoms with Gasteiger partial charge in [0.05, 0.1) is 5.75 Å². The van der Waals surface area contributed by atoms with Gasteiger partial charge in [0.15, 0.2) is 0 Å². The highest BCUT2D eigenvalue weighted by Gasteiger charge is 2.27. The Kier molecular flexibility index (Phi) is 7.08. The molecule has 1 amide bonds. The summed E-state index contributed by atoms with van der Waals surface area (Å²) < 4.78 is 31.0. The molecule has 0 radical (unpaired) electrons. The van der Waals surface area contributed by atoms with Crippen molar-refractivity contribution in [2.75, 3.05) is 31.9 Å². The molecule has 0 saturated carbocycles. The van der Waals surface area contributed by atoms with E-state index in [9.17, 15) is 13.2 Å². The average molecular weight is 335 g/mol. The molecule has 22 heavy (non-hydrogen) atoms. The summed E-state index contributed by atoms with van der Waals surface area (Å²) in [5.41, 5.74) is -0.503. The van der Waals surface area contributed by atoms with Gasteiger partial charge in [0, 0.05) is 32.2 Å². The van der Waals surface area contributed by atoms with Crippen LogP contribution in [-0.4, -0.2) is 63.0 Å². The minimum Gasteiger partial charge on any atom is -0.444 e. The molecule has 1 unspecified atom stereocenters. The first-order valence-corrected chi connectivity index (χ1v) is 9.47. The monoisotopic (exact) mass is 335 g/mol. The quantitative estimate of drug-likeness (QED) is 0.753. The summed E-state index contributed by atoms with van der Waals surface area (Å²) in [5, 5.41) is 3.22. The standard InChI is InChI=1S/C14H29N3O4S/c1-5-16-22(19,20)10-8-15-12-7-6-9-17(11-12)13(18)21-14(2,3)4/h12,15-16H,5-11H2,1-4H3. The van der Waals surface area contributed by atoms with Crippen LogP contribution in [-0.2, 0) is 14.8 Å². The minimum atomic E-state index is -3.20. The van der Waals surface area contributed by atoms with Gasteiger partial charge in [-0.25, -0.2) is 17.9 Å². The van der Waals surface area contributed by atoms with E-state index < -0.39 is 15.6 Å². The lowest BCUT2D eigenvalue weighted by atomic mass is 10.1. The van der Waals surface area contributed by atoms with Gasteiger partial charge in [0.25, 0.3) is 0 Å². The van der Waals surface area contributed by atoms with Crippen molar-refractivity contribution in [3.63, 3.8) is 0 Å². The van der Waals surface area contributed by atoms with E-state index in [1.54, 1.807) is 11.8 Å². The third-order valence-corrected chi connectivity index (χ3v) is 4.71. The van der Waals surface area contributed by atoms with Crippen LogP contribution in [0.15, 0.2) is 0 Å². The molecular weight excluding hydrogens is 306 g/mol. The summed E-state index contributed by atoms with van der Waals surface area (Å²) in [7, 11) is -3.20. The Hall–Kier alpha value is -0.860. The molecule has 130 valence electrons. The van der Waals surface area contributed by atoms with Crippen LogP contribution in [0.1, 0.15) is 40.5 Å². The van der Waals surface area contributed by atoms with Gasteiger partial charge in [-0.2, -0.15) is 0 Å². The number of nitrogens with zero attached hydrogens (tertiary/aromatic N) is 1. The molecule has 0 aromatic heterocycles. The molecule has 0 aromatic rings. The lowest BCUT2D eigenvalue weighted by Gasteiger charge is -2.34. The third-order valence-electron chi connectivity index (χ3n) is 3.24. The molecule has 1 rings (SSSR count). The van der Waals surface area contributed by atoms with Crippen LogP contribution in [0.25, 0.3) is 0 Å². The van der Waals surface area contributed by atoms with E-state index in [2.05, 4.69) is 10.0 Å². The van der Waals surface area contributed by atoms with Crippen LogP contribution >= 0.6 is 0 Å². The van der Waals surface area contributed by atoms with Crippen molar-refractivity contribution in [3.8, 4) is 0 Å². The molecule has 0 bridgehead atoms. The predicted molar refractivity (Wildman–Crippen MR) is 86.3 cm³/mol. The first-order valence-electron chi connectivity index (χ1n) is 7.81. The number of nitrogens with one attached hydrogen (secondary N) is 2. The van der Waals surface area contributed by atoms with Gasteiger partial charge < -0.3 is 15.0 Å². The zero-order valence-corrected chi connectivity index (χ0v) is 14.8. The molecule has 2 N–H and O–H groups in total. The maximum Gasteiger partial charge on any atom is 0.410 e. The SMILES string of the molecule is CCNS(=O)(=O)CCNC1CCCN(C(=O)OC(C)(C)C)C1. The van der Waals surface area contributed by atoms with Crippen LogP contribution < -0.4 is 10.0 Å². The van der Waals surface area contributed by atoms with Gasteiger partial charge in [-0.05, 0) is 33.6 Å². The third kappa shape index (κ3) is 7.42. The van der Waals surface area contributed by atoms with Crippen LogP contribution in [0.4, 0.5) is 4.79 Å². The number of carbonyl (C=O) groups is 1. The fraction of sp³-hybridized carbons (Fsp3) is 0.929. The fourth-order valence-corrected chi connectivity index (χ4v) is 3.30. The number of sulfonamides is 1. The first kappa shape index (κ1) is 19.2. The van der Waals surface area contributed by atoms with Gasteiger partial charge in [-0.15, -0.1) is 0 Å². The van der Waals surface area contributed by atoms with Crippen molar-refractivity contribution in [3.05, 3.63) is 0 Å². The highest BCUT2D eigenvalue weighted by molar-refractivity contribution is 7.89. The fourth-order valence-electron chi connectivity index (χ4n) is 2.33. The smallest absolute Gasteiger partial charge is 0.410 e. The maximum atomic E-state index is 12.0. The predicted octanol–water partition coefficient (Wildman–Crippen LogP) is 0.915. The van der Waals surface area contributed by atoms with E-state index in [0.717, 1.165) is 12.8 Å². The molecule has 1 aliphatic rings. The number of amides is 1. The summed E-state index contributed by atoms with van der Waals surface area (Å²) in [5.74, 6) is 0.0454. The molecule has 0 aromatic carbocycles. The highest BCUT2D eigenvalue weighted by Crippen LogP contribution is 2.15. The Balaban J connectivity index is 2.39. The molecule has 1 aliphatic heterocycles. The largest absolute Gasteiger partial charge is 0.444 e. The Morgan fingerprint density at radius 1 is 1.36 bits per heavy atom. The van der Waals surface area contributed by atoms with Crippen LogP contribution in [0.5, 0.6) is 0 Å². The summed E-state index contributed by atoms with van der Waals surface area (Å²) >= 11 is 0. The van der Waals surface area contributed by atoms with Gasteiger partial charge >= 0.3 is 6.09 Å². The van der Waals surface area contributed by atoms with E-state index in [1.807, 2.05) is 20.8 Å². The van der Waals surface area contributed by atoms with E-state index >= 15 is 0 Å². The second-order valence-electron chi connectivity index (χ2n) is 6.54. The zero-order chi connectivity index (χ0) is 16.8. The number of hydrogen-bond donors (Lipinski definition) is 2. The molecule has 0 spiro atoms. The number of hydrogen-bond acceptors (Lipinski definition) is 5. The number of carbonyl (C=O) groups excluding carboxylic acids is 1. The van der Waals surface area contributed by atoms with Gasteiger partial charge in [-0.1, -0.05) is 6.92 Å². The van der Waals surface area contributed by atoms with Gasteiger partial charge in [-0.3, -0.25) is 0 Å². The number of ether oxygens (including phenoxy) is 1. The van der Waals surface area contributed by atoms with E-state index in [1.165, 1.54) is 0 Å². The Bertz CT molecular complexity index is 459. The number of likely N-dealkylation sites (tertiary alicyclic amines) is 1. The average Bonchev–Trinajstić information content (AvgIpc) is 2.36. The van der Waals surface area contributed by atoms with Crippen molar-refractivity contribution in [2.24, 2.45) is 0 Å². The normalized spacial score (nSPS) is 20.0. The maximum absolute atomic E-state index is 12.0. The molecule has 8 heteroatoms. The molecular formula is C14H29N3O4S. The molecule has 7 nitrogen and oxygen atoms in total. The van der Waals surface area contributed by atoms with Gasteiger partial charge in [0.2, 0.25) is 10.0 Å². The summed E-state index contributed by atoms with van der Waals surface area (Å²) in [6.07, 6.45) is 1.51. The Morgan fingerprint density at radius 2 is 2.05 bits per heavy atom. The van der Waals surface area contributed by atoms with Crippen molar-refractivity contribution in [1.29, 1.82) is 0 Å². The van der Waals surface area contributed by atoms with Crippen molar-refractivity contribution >= 4 is 16.1 Å². The lowest BCUT2D eigenvalue weighted by Crippen LogP contribution is -2.50. The van der Waals surface area contributed by atoms with Crippen molar-refractivity contribution < 1.29 is 17.9 Å². The first-order chi connectivity index (χ1) is 10.1. The van der Waals surface area contributed by atoms with Crippen molar-refractivity contribution in [1.82, 2.24) is 14.9 Å². The van der Waals surface area contributed by atoms with E-state index in [4.69, 9.17) is 4.74 Å². The zero-order valence-electron chi connectivity index (χ0n) is 14.0. The molecule has 1 fully saturated rings. The minimum absolute atomic E-state index is 0.0454. The van der Waals surface area contributed by atoms with Crippen molar-refractivity contribution in [2.45, 2.75) is 52.2 Å². The number of rotatable bonds is 6. The summed E-state index contributed by atoms with van der Waals surface area (Å²) in [6.45, 7) is 9.30. The Labute approximate surface area is 133 Å². The second kappa shape index (κ2) is 8.12. The summed E-state index contributed by atoms with van der Waals surface area (Å²) in [4.78, 5) is 13.7. The van der Waals surface area contributed by atoms with Crippen LogP contribution in [0, 0.1) is 0 Å². The molecule has 1 atom stereocenters. The van der Waals surface area contributed by atoms with E-state index in [-0.39, 0.29) is 17.9 Å². The summed E-state index contributed by atoms with van der Waals surface area (Å²) in [6, 6.07) is 0.109. The van der Waals surface area contributed by atoms with Crippen LogP contribution in [0.2, 0.25) is 0 Å². The second-order valence-corrected chi connectivity index (χ2v) is 8.46. The van der Waals surface area contributed by atoms with Gasteiger partial charge in [0.1, 0.15) is 5.60 Å².